The zero-order valence-electron chi connectivity index (χ0n) is 9.91. The SMILES string of the molecule is Cc1cc(C)c(C(=O)O)c(Sc2ncccn2)n1. The lowest BCUT2D eigenvalue weighted by Gasteiger charge is -2.08. The molecule has 92 valence electrons. The molecule has 5 nitrogen and oxygen atoms in total. The van der Waals surface area contributed by atoms with Crippen molar-refractivity contribution < 1.29 is 9.90 Å². The van der Waals surface area contributed by atoms with Crippen LogP contribution in [-0.4, -0.2) is 26.0 Å². The number of nitrogens with zero attached hydrogens (tertiary/aromatic N) is 3. The quantitative estimate of drug-likeness (QED) is 0.855. The van der Waals surface area contributed by atoms with Crippen molar-refractivity contribution >= 4 is 17.7 Å². The van der Waals surface area contributed by atoms with E-state index in [4.69, 9.17) is 0 Å². The average molecular weight is 261 g/mol. The monoisotopic (exact) mass is 261 g/mol. The Labute approximate surface area is 108 Å². The third-order valence-electron chi connectivity index (χ3n) is 2.26. The Balaban J connectivity index is 2.46. The Hall–Kier alpha value is -1.95. The molecule has 0 bridgehead atoms. The molecule has 2 heterocycles. The van der Waals surface area contributed by atoms with Gasteiger partial charge in [0.2, 0.25) is 0 Å². The van der Waals surface area contributed by atoms with Crippen molar-refractivity contribution in [3.63, 3.8) is 0 Å². The highest BCUT2D eigenvalue weighted by molar-refractivity contribution is 7.99. The van der Waals surface area contributed by atoms with Crippen molar-refractivity contribution in [2.75, 3.05) is 0 Å². The zero-order valence-corrected chi connectivity index (χ0v) is 10.7. The number of carboxylic acid groups (broad SMARTS) is 1. The molecular weight excluding hydrogens is 250 g/mol. The predicted molar refractivity (Wildman–Crippen MR) is 66.8 cm³/mol. The van der Waals surface area contributed by atoms with E-state index in [1.807, 2.05) is 6.92 Å². The number of aryl methyl sites for hydroxylation is 2. The summed E-state index contributed by atoms with van der Waals surface area (Å²) in [5.41, 5.74) is 1.67. The van der Waals surface area contributed by atoms with Crippen molar-refractivity contribution in [1.29, 1.82) is 0 Å². The fourth-order valence-corrected chi connectivity index (χ4v) is 2.50. The van der Waals surface area contributed by atoms with Crippen LogP contribution in [0.1, 0.15) is 21.6 Å². The van der Waals surface area contributed by atoms with Crippen LogP contribution in [0.2, 0.25) is 0 Å². The van der Waals surface area contributed by atoms with Gasteiger partial charge in [-0.25, -0.2) is 19.7 Å². The van der Waals surface area contributed by atoms with E-state index in [0.717, 1.165) is 17.5 Å². The van der Waals surface area contributed by atoms with Crippen molar-refractivity contribution in [1.82, 2.24) is 15.0 Å². The Kier molecular flexibility index (Phi) is 3.57. The molecule has 2 rings (SSSR count). The summed E-state index contributed by atoms with van der Waals surface area (Å²) >= 11 is 1.16. The summed E-state index contributed by atoms with van der Waals surface area (Å²) < 4.78 is 0. The molecule has 0 spiro atoms. The molecule has 6 heteroatoms. The molecule has 2 aromatic rings. The number of hydrogen-bond donors (Lipinski definition) is 1. The molecule has 2 aromatic heterocycles. The topological polar surface area (TPSA) is 76.0 Å². The van der Waals surface area contributed by atoms with Gasteiger partial charge in [0.15, 0.2) is 5.16 Å². The van der Waals surface area contributed by atoms with Gasteiger partial charge in [-0.1, -0.05) is 0 Å². The fourth-order valence-electron chi connectivity index (χ4n) is 1.56. The number of pyridine rings is 1. The van der Waals surface area contributed by atoms with Gasteiger partial charge in [0.25, 0.3) is 0 Å². The lowest BCUT2D eigenvalue weighted by Crippen LogP contribution is -2.05. The molecule has 18 heavy (non-hydrogen) atoms. The average Bonchev–Trinajstić information content (AvgIpc) is 2.28. The highest BCUT2D eigenvalue weighted by Crippen LogP contribution is 2.28. The van der Waals surface area contributed by atoms with Crippen LogP contribution in [0.3, 0.4) is 0 Å². The molecule has 0 aromatic carbocycles. The van der Waals surface area contributed by atoms with Gasteiger partial charge in [-0.05, 0) is 43.3 Å². The second-order valence-electron chi connectivity index (χ2n) is 3.70. The molecule has 0 aliphatic rings. The van der Waals surface area contributed by atoms with Crippen molar-refractivity contribution in [2.45, 2.75) is 24.0 Å². The molecule has 0 unspecified atom stereocenters. The summed E-state index contributed by atoms with van der Waals surface area (Å²) in [6.45, 7) is 3.59. The Morgan fingerprint density at radius 3 is 2.56 bits per heavy atom. The summed E-state index contributed by atoms with van der Waals surface area (Å²) in [6, 6.07) is 3.45. The molecule has 0 saturated carbocycles. The molecule has 0 atom stereocenters. The van der Waals surface area contributed by atoms with Gasteiger partial charge < -0.3 is 5.11 Å². The van der Waals surface area contributed by atoms with Crippen molar-refractivity contribution in [3.8, 4) is 0 Å². The lowest BCUT2D eigenvalue weighted by atomic mass is 10.1. The van der Waals surface area contributed by atoms with Gasteiger partial charge in [-0.3, -0.25) is 0 Å². The van der Waals surface area contributed by atoms with E-state index in [1.165, 1.54) is 0 Å². The van der Waals surface area contributed by atoms with E-state index < -0.39 is 5.97 Å². The third-order valence-corrected chi connectivity index (χ3v) is 3.14. The summed E-state index contributed by atoms with van der Waals surface area (Å²) in [5.74, 6) is -0.988. The molecule has 0 saturated heterocycles. The molecule has 0 aliphatic carbocycles. The smallest absolute Gasteiger partial charge is 0.338 e. The first kappa shape index (κ1) is 12.5. The maximum Gasteiger partial charge on any atom is 0.338 e. The van der Waals surface area contributed by atoms with Crippen LogP contribution >= 0.6 is 11.8 Å². The number of rotatable bonds is 3. The van der Waals surface area contributed by atoms with Crippen LogP contribution < -0.4 is 0 Å². The maximum atomic E-state index is 11.2. The molecular formula is C12H11N3O2S. The normalized spacial score (nSPS) is 10.3. The lowest BCUT2D eigenvalue weighted by molar-refractivity contribution is 0.0691. The summed E-state index contributed by atoms with van der Waals surface area (Å²) in [5, 5.41) is 10.1. The Morgan fingerprint density at radius 1 is 1.28 bits per heavy atom. The summed E-state index contributed by atoms with van der Waals surface area (Å²) in [4.78, 5) is 23.6. The molecule has 0 radical (unpaired) electrons. The van der Waals surface area contributed by atoms with Crippen molar-refractivity contribution in [2.24, 2.45) is 0 Å². The molecule has 0 fully saturated rings. The zero-order chi connectivity index (χ0) is 13.1. The number of carbonyl (C=O) groups is 1. The number of carboxylic acids is 1. The highest BCUT2D eigenvalue weighted by atomic mass is 32.2. The Morgan fingerprint density at radius 2 is 1.94 bits per heavy atom. The van der Waals surface area contributed by atoms with Crippen molar-refractivity contribution in [3.05, 3.63) is 41.3 Å². The molecule has 0 amide bonds. The van der Waals surface area contributed by atoms with E-state index in [-0.39, 0.29) is 5.56 Å². The van der Waals surface area contributed by atoms with E-state index in [0.29, 0.717) is 15.7 Å². The minimum atomic E-state index is -0.988. The largest absolute Gasteiger partial charge is 0.478 e. The predicted octanol–water partition coefficient (Wildman–Crippen LogP) is 2.34. The van der Waals surface area contributed by atoms with Gasteiger partial charge in [-0.15, -0.1) is 0 Å². The van der Waals surface area contributed by atoms with Gasteiger partial charge in [-0.2, -0.15) is 0 Å². The van der Waals surface area contributed by atoms with Crippen LogP contribution in [0.5, 0.6) is 0 Å². The van der Waals surface area contributed by atoms with E-state index in [1.54, 1.807) is 31.5 Å². The number of hydrogen-bond acceptors (Lipinski definition) is 5. The molecule has 0 aliphatic heterocycles. The first-order valence-electron chi connectivity index (χ1n) is 5.24. The van der Waals surface area contributed by atoms with Gasteiger partial charge in [0, 0.05) is 18.1 Å². The fraction of sp³-hybridized carbons (Fsp3) is 0.167. The first-order valence-corrected chi connectivity index (χ1v) is 6.06. The van der Waals surface area contributed by atoms with E-state index in [2.05, 4.69) is 15.0 Å². The van der Waals surface area contributed by atoms with E-state index in [9.17, 15) is 9.90 Å². The van der Waals surface area contributed by atoms with Gasteiger partial charge >= 0.3 is 5.97 Å². The second-order valence-corrected chi connectivity index (χ2v) is 4.66. The minimum absolute atomic E-state index is 0.207. The first-order chi connectivity index (χ1) is 8.58. The van der Waals surface area contributed by atoms with Crippen LogP contribution in [-0.2, 0) is 0 Å². The summed E-state index contributed by atoms with van der Waals surface area (Å²) in [7, 11) is 0. The highest BCUT2D eigenvalue weighted by Gasteiger charge is 2.17. The number of aromatic carboxylic acids is 1. The maximum absolute atomic E-state index is 11.2. The van der Waals surface area contributed by atoms with Gasteiger partial charge in [0.05, 0.1) is 5.56 Å². The minimum Gasteiger partial charge on any atom is -0.478 e. The Bertz CT molecular complexity index is 587. The van der Waals surface area contributed by atoms with Crippen LogP contribution in [0.4, 0.5) is 0 Å². The van der Waals surface area contributed by atoms with Crippen LogP contribution in [0.25, 0.3) is 0 Å². The standard InChI is InChI=1S/C12H11N3O2S/c1-7-6-8(2)15-10(9(7)11(16)17)18-12-13-4-3-5-14-12/h3-6H,1-2H3,(H,16,17). The second kappa shape index (κ2) is 5.14. The van der Waals surface area contributed by atoms with Crippen LogP contribution in [0.15, 0.2) is 34.7 Å². The molecule has 1 N–H and O–H groups in total. The summed E-state index contributed by atoms with van der Waals surface area (Å²) in [6.07, 6.45) is 3.22. The van der Waals surface area contributed by atoms with Gasteiger partial charge in [0.1, 0.15) is 5.03 Å². The third kappa shape index (κ3) is 2.65. The number of aromatic nitrogens is 3. The van der Waals surface area contributed by atoms with Crippen LogP contribution in [0, 0.1) is 13.8 Å². The van der Waals surface area contributed by atoms with E-state index >= 15 is 0 Å².